The Labute approximate surface area is 165 Å². The van der Waals surface area contributed by atoms with Crippen molar-refractivity contribution in [3.05, 3.63) is 21.9 Å². The van der Waals surface area contributed by atoms with Crippen LogP contribution in [-0.2, 0) is 9.63 Å². The molecule has 3 rings (SSSR count). The smallest absolute Gasteiger partial charge is 0.261 e. The van der Waals surface area contributed by atoms with Crippen LogP contribution in [0.25, 0.3) is 0 Å². The SMILES string of the molecule is CCCCNC(=O)c1ccc([C@H]2CCCN2C(=O)CCN2CCCCO2)s1. The van der Waals surface area contributed by atoms with E-state index in [1.54, 1.807) is 0 Å². The second-order valence-corrected chi connectivity index (χ2v) is 8.39. The monoisotopic (exact) mass is 393 g/mol. The highest BCUT2D eigenvalue weighted by Gasteiger charge is 2.31. The predicted molar refractivity (Wildman–Crippen MR) is 107 cm³/mol. The lowest BCUT2D eigenvalue weighted by Crippen LogP contribution is -2.36. The minimum absolute atomic E-state index is 0.00202. The summed E-state index contributed by atoms with van der Waals surface area (Å²) in [6.45, 7) is 5.97. The van der Waals surface area contributed by atoms with E-state index in [1.165, 1.54) is 11.3 Å². The van der Waals surface area contributed by atoms with Gasteiger partial charge in [-0.15, -0.1) is 11.3 Å². The molecule has 7 heteroatoms. The zero-order chi connectivity index (χ0) is 19.1. The lowest BCUT2D eigenvalue weighted by Gasteiger charge is -2.28. The molecule has 1 aromatic heterocycles. The third-order valence-electron chi connectivity index (χ3n) is 5.22. The van der Waals surface area contributed by atoms with Crippen molar-refractivity contribution in [2.45, 2.75) is 57.9 Å². The average Bonchev–Trinajstić information content (AvgIpc) is 3.36. The Balaban J connectivity index is 1.54. The molecule has 6 nitrogen and oxygen atoms in total. The number of hydrogen-bond donors (Lipinski definition) is 1. The number of nitrogens with zero attached hydrogens (tertiary/aromatic N) is 2. The molecule has 0 radical (unpaired) electrons. The van der Waals surface area contributed by atoms with Gasteiger partial charge in [0.15, 0.2) is 0 Å². The van der Waals surface area contributed by atoms with E-state index in [-0.39, 0.29) is 17.9 Å². The highest BCUT2D eigenvalue weighted by molar-refractivity contribution is 7.14. The molecule has 150 valence electrons. The Hall–Kier alpha value is -1.44. The molecule has 0 spiro atoms. The first-order valence-corrected chi connectivity index (χ1v) is 11.1. The molecular formula is C20H31N3O3S. The summed E-state index contributed by atoms with van der Waals surface area (Å²) in [6, 6.07) is 4.02. The zero-order valence-electron chi connectivity index (χ0n) is 16.2. The molecule has 2 saturated heterocycles. The summed E-state index contributed by atoms with van der Waals surface area (Å²) in [5.74, 6) is 0.187. The molecular weight excluding hydrogens is 362 g/mol. The number of carbonyl (C=O) groups is 2. The normalized spacial score (nSPS) is 20.8. The Morgan fingerprint density at radius 1 is 1.26 bits per heavy atom. The topological polar surface area (TPSA) is 61.9 Å². The van der Waals surface area contributed by atoms with E-state index in [1.807, 2.05) is 22.1 Å². The number of unbranched alkanes of at least 4 members (excludes halogenated alkanes) is 1. The minimum Gasteiger partial charge on any atom is -0.351 e. The van der Waals surface area contributed by atoms with Crippen LogP contribution in [-0.4, -0.2) is 54.6 Å². The molecule has 3 heterocycles. The fourth-order valence-corrected chi connectivity index (χ4v) is 4.74. The molecule has 1 aromatic rings. The van der Waals surface area contributed by atoms with Crippen LogP contribution < -0.4 is 5.32 Å². The van der Waals surface area contributed by atoms with E-state index in [0.29, 0.717) is 13.0 Å². The second-order valence-electron chi connectivity index (χ2n) is 7.28. The maximum absolute atomic E-state index is 12.8. The van der Waals surface area contributed by atoms with Crippen LogP contribution in [0, 0.1) is 0 Å². The molecule has 2 fully saturated rings. The van der Waals surface area contributed by atoms with Crippen LogP contribution in [0.3, 0.4) is 0 Å². The molecule has 0 saturated carbocycles. The quantitative estimate of drug-likeness (QED) is 0.688. The molecule has 2 aliphatic heterocycles. The summed E-state index contributed by atoms with van der Waals surface area (Å²) in [6.07, 6.45) is 6.79. The lowest BCUT2D eigenvalue weighted by atomic mass is 10.2. The van der Waals surface area contributed by atoms with Gasteiger partial charge < -0.3 is 10.2 Å². The Bertz CT molecular complexity index is 628. The maximum atomic E-state index is 12.8. The largest absolute Gasteiger partial charge is 0.351 e. The molecule has 0 bridgehead atoms. The molecule has 2 aliphatic rings. The number of amides is 2. The minimum atomic E-state index is -0.00202. The van der Waals surface area contributed by atoms with Gasteiger partial charge >= 0.3 is 0 Å². The number of rotatable bonds is 8. The second kappa shape index (κ2) is 10.2. The highest BCUT2D eigenvalue weighted by Crippen LogP contribution is 2.36. The summed E-state index contributed by atoms with van der Waals surface area (Å²) < 4.78 is 0. The van der Waals surface area contributed by atoms with Gasteiger partial charge in [-0.05, 0) is 44.2 Å². The molecule has 0 aromatic carbocycles. The number of carbonyl (C=O) groups excluding carboxylic acids is 2. The van der Waals surface area contributed by atoms with Gasteiger partial charge in [-0.1, -0.05) is 13.3 Å². The molecule has 1 atom stereocenters. The highest BCUT2D eigenvalue weighted by atomic mass is 32.1. The van der Waals surface area contributed by atoms with Crippen molar-refractivity contribution in [1.82, 2.24) is 15.3 Å². The molecule has 1 N–H and O–H groups in total. The number of likely N-dealkylation sites (tertiary alicyclic amines) is 1. The van der Waals surface area contributed by atoms with Gasteiger partial charge in [-0.25, -0.2) is 0 Å². The Morgan fingerprint density at radius 2 is 2.15 bits per heavy atom. The maximum Gasteiger partial charge on any atom is 0.261 e. The van der Waals surface area contributed by atoms with Gasteiger partial charge in [-0.3, -0.25) is 14.4 Å². The predicted octanol–water partition coefficient (Wildman–Crippen LogP) is 3.36. The van der Waals surface area contributed by atoms with Gasteiger partial charge in [0.05, 0.1) is 17.5 Å². The van der Waals surface area contributed by atoms with Crippen LogP contribution in [0.1, 0.15) is 72.5 Å². The van der Waals surface area contributed by atoms with Crippen LogP contribution in [0.4, 0.5) is 0 Å². The zero-order valence-corrected chi connectivity index (χ0v) is 17.1. The van der Waals surface area contributed by atoms with Crippen LogP contribution in [0.5, 0.6) is 0 Å². The first kappa shape index (κ1) is 20.3. The van der Waals surface area contributed by atoms with E-state index in [4.69, 9.17) is 4.84 Å². The number of thiophene rings is 1. The number of hydrogen-bond acceptors (Lipinski definition) is 5. The van der Waals surface area contributed by atoms with Gasteiger partial charge in [0.1, 0.15) is 0 Å². The van der Waals surface area contributed by atoms with E-state index >= 15 is 0 Å². The van der Waals surface area contributed by atoms with Gasteiger partial charge in [-0.2, -0.15) is 5.06 Å². The van der Waals surface area contributed by atoms with Crippen LogP contribution in [0.2, 0.25) is 0 Å². The standard InChI is InChI=1S/C20H31N3O3S/c1-2-3-11-21-20(25)18-9-8-17(27-18)16-7-6-13-23(16)19(24)10-14-22-12-4-5-15-26-22/h8-9,16H,2-7,10-15H2,1H3,(H,21,25)/t16-/m1/s1. The molecule has 27 heavy (non-hydrogen) atoms. The van der Waals surface area contributed by atoms with Crippen molar-refractivity contribution < 1.29 is 14.4 Å². The Kier molecular flexibility index (Phi) is 7.67. The van der Waals surface area contributed by atoms with E-state index in [0.717, 1.165) is 74.5 Å². The van der Waals surface area contributed by atoms with Crippen molar-refractivity contribution in [3.8, 4) is 0 Å². The summed E-state index contributed by atoms with van der Waals surface area (Å²) in [4.78, 5) is 34.4. The van der Waals surface area contributed by atoms with Gasteiger partial charge in [0.25, 0.3) is 5.91 Å². The van der Waals surface area contributed by atoms with E-state index in [9.17, 15) is 9.59 Å². The Morgan fingerprint density at radius 3 is 2.93 bits per heavy atom. The summed E-state index contributed by atoms with van der Waals surface area (Å²) in [5, 5.41) is 4.89. The molecule has 0 unspecified atom stereocenters. The van der Waals surface area contributed by atoms with Crippen LogP contribution >= 0.6 is 11.3 Å². The fourth-order valence-electron chi connectivity index (χ4n) is 3.67. The fraction of sp³-hybridized carbons (Fsp3) is 0.700. The van der Waals surface area contributed by atoms with Gasteiger partial charge in [0.2, 0.25) is 5.91 Å². The number of nitrogens with one attached hydrogen (secondary N) is 1. The average molecular weight is 394 g/mol. The third kappa shape index (κ3) is 5.53. The third-order valence-corrected chi connectivity index (χ3v) is 6.40. The van der Waals surface area contributed by atoms with Crippen molar-refractivity contribution >= 4 is 23.2 Å². The summed E-state index contributed by atoms with van der Waals surface area (Å²) in [5.41, 5.74) is 0. The van der Waals surface area contributed by atoms with Crippen molar-refractivity contribution in [1.29, 1.82) is 0 Å². The first-order chi connectivity index (χ1) is 13.2. The van der Waals surface area contributed by atoms with Crippen molar-refractivity contribution in [2.24, 2.45) is 0 Å². The van der Waals surface area contributed by atoms with E-state index < -0.39 is 0 Å². The molecule has 2 amide bonds. The van der Waals surface area contributed by atoms with Crippen molar-refractivity contribution in [3.63, 3.8) is 0 Å². The van der Waals surface area contributed by atoms with Crippen LogP contribution in [0.15, 0.2) is 12.1 Å². The first-order valence-electron chi connectivity index (χ1n) is 10.2. The number of hydroxylamine groups is 2. The summed E-state index contributed by atoms with van der Waals surface area (Å²) in [7, 11) is 0. The van der Waals surface area contributed by atoms with E-state index in [2.05, 4.69) is 12.2 Å². The van der Waals surface area contributed by atoms with Gasteiger partial charge in [0, 0.05) is 37.5 Å². The summed E-state index contributed by atoms with van der Waals surface area (Å²) >= 11 is 1.52. The molecule has 0 aliphatic carbocycles. The lowest BCUT2D eigenvalue weighted by molar-refractivity contribution is -0.182. The van der Waals surface area contributed by atoms with Crippen molar-refractivity contribution in [2.75, 3.05) is 32.8 Å².